The maximum atomic E-state index is 13.1. The lowest BCUT2D eigenvalue weighted by Crippen LogP contribution is -2.40. The van der Waals surface area contributed by atoms with Gasteiger partial charge in [-0.1, -0.05) is 38.1 Å². The quantitative estimate of drug-likeness (QED) is 0.504. The van der Waals surface area contributed by atoms with E-state index in [-0.39, 0.29) is 17.6 Å². The molecule has 2 aromatic heterocycles. The SMILES string of the molecule is Cc1nc(-c2ncccn2)sc1C(=O)N1CCC(C(=O)c2ccc(CC(C)C)cc2)CC1. The van der Waals surface area contributed by atoms with Gasteiger partial charge in [-0.2, -0.15) is 0 Å². The average molecular weight is 449 g/mol. The summed E-state index contributed by atoms with van der Waals surface area (Å²) in [5, 5.41) is 0.650. The van der Waals surface area contributed by atoms with Gasteiger partial charge < -0.3 is 4.90 Å². The number of hydrogen-bond donors (Lipinski definition) is 0. The van der Waals surface area contributed by atoms with Crippen LogP contribution in [0.25, 0.3) is 10.8 Å². The van der Waals surface area contributed by atoms with E-state index >= 15 is 0 Å². The number of hydrogen-bond acceptors (Lipinski definition) is 6. The normalized spacial score (nSPS) is 14.7. The first kappa shape index (κ1) is 22.3. The Morgan fingerprint density at radius 2 is 1.75 bits per heavy atom. The summed E-state index contributed by atoms with van der Waals surface area (Å²) in [5.41, 5.74) is 2.73. The number of benzene rings is 1. The van der Waals surface area contributed by atoms with Gasteiger partial charge in [0.15, 0.2) is 16.6 Å². The number of piperidine rings is 1. The topological polar surface area (TPSA) is 76.1 Å². The highest BCUT2D eigenvalue weighted by atomic mass is 32.1. The summed E-state index contributed by atoms with van der Waals surface area (Å²) in [6, 6.07) is 9.78. The highest BCUT2D eigenvalue weighted by Crippen LogP contribution is 2.29. The monoisotopic (exact) mass is 448 g/mol. The van der Waals surface area contributed by atoms with Gasteiger partial charge in [0.25, 0.3) is 5.91 Å². The molecule has 0 spiro atoms. The Morgan fingerprint density at radius 1 is 1.09 bits per heavy atom. The number of aryl methyl sites for hydroxylation is 1. The maximum Gasteiger partial charge on any atom is 0.265 e. The lowest BCUT2D eigenvalue weighted by molar-refractivity contribution is 0.0653. The minimum atomic E-state index is -0.0363. The number of carbonyl (C=O) groups excluding carboxylic acids is 2. The average Bonchev–Trinajstić information content (AvgIpc) is 3.20. The molecule has 1 aromatic carbocycles. The van der Waals surface area contributed by atoms with Gasteiger partial charge in [0, 0.05) is 37.0 Å². The molecule has 4 rings (SSSR count). The fourth-order valence-electron chi connectivity index (χ4n) is 4.10. The number of nitrogens with zero attached hydrogens (tertiary/aromatic N) is 4. The van der Waals surface area contributed by atoms with E-state index in [1.165, 1.54) is 16.9 Å². The number of ketones is 1. The summed E-state index contributed by atoms with van der Waals surface area (Å²) in [4.78, 5) is 41.5. The van der Waals surface area contributed by atoms with E-state index in [4.69, 9.17) is 0 Å². The molecule has 0 saturated carbocycles. The third-order valence-corrected chi connectivity index (χ3v) is 6.92. The predicted octanol–water partition coefficient (Wildman–Crippen LogP) is 4.84. The molecule has 0 atom stereocenters. The molecule has 7 heteroatoms. The van der Waals surface area contributed by atoms with Crippen LogP contribution in [0.4, 0.5) is 0 Å². The van der Waals surface area contributed by atoms with E-state index < -0.39 is 0 Å². The minimum absolute atomic E-state index is 0.0221. The van der Waals surface area contributed by atoms with Crippen LogP contribution >= 0.6 is 11.3 Å². The van der Waals surface area contributed by atoms with Gasteiger partial charge in [-0.15, -0.1) is 11.3 Å². The van der Waals surface area contributed by atoms with Crippen molar-refractivity contribution in [2.45, 2.75) is 40.0 Å². The minimum Gasteiger partial charge on any atom is -0.338 e. The summed E-state index contributed by atoms with van der Waals surface area (Å²) in [6.07, 6.45) is 5.72. The fourth-order valence-corrected chi connectivity index (χ4v) is 5.08. The molecule has 1 aliphatic rings. The summed E-state index contributed by atoms with van der Waals surface area (Å²) in [7, 11) is 0. The molecule has 0 unspecified atom stereocenters. The largest absolute Gasteiger partial charge is 0.338 e. The van der Waals surface area contributed by atoms with Crippen molar-refractivity contribution in [3.8, 4) is 10.8 Å². The van der Waals surface area contributed by atoms with Crippen molar-refractivity contribution in [2.75, 3.05) is 13.1 Å². The molecule has 6 nitrogen and oxygen atoms in total. The van der Waals surface area contributed by atoms with Crippen LogP contribution in [0.2, 0.25) is 0 Å². The number of thiazole rings is 1. The lowest BCUT2D eigenvalue weighted by atomic mass is 9.88. The molecule has 3 heterocycles. The molecular weight excluding hydrogens is 420 g/mol. The number of aromatic nitrogens is 3. The van der Waals surface area contributed by atoms with Gasteiger partial charge in [0.05, 0.1) is 5.69 Å². The summed E-state index contributed by atoms with van der Waals surface area (Å²) < 4.78 is 0. The van der Waals surface area contributed by atoms with Gasteiger partial charge in [-0.25, -0.2) is 15.0 Å². The molecule has 1 saturated heterocycles. The molecule has 32 heavy (non-hydrogen) atoms. The van der Waals surface area contributed by atoms with Crippen molar-refractivity contribution in [1.29, 1.82) is 0 Å². The van der Waals surface area contributed by atoms with E-state index in [0.717, 1.165) is 12.0 Å². The molecule has 1 amide bonds. The lowest BCUT2D eigenvalue weighted by Gasteiger charge is -2.31. The molecule has 1 aliphatic heterocycles. The van der Waals surface area contributed by atoms with Crippen LogP contribution in [0.1, 0.15) is 58.0 Å². The zero-order chi connectivity index (χ0) is 22.7. The molecule has 0 radical (unpaired) electrons. The van der Waals surface area contributed by atoms with Crippen molar-refractivity contribution >= 4 is 23.0 Å². The fraction of sp³-hybridized carbons (Fsp3) is 0.400. The first-order chi connectivity index (χ1) is 15.4. The van der Waals surface area contributed by atoms with Crippen LogP contribution in [0.15, 0.2) is 42.7 Å². The van der Waals surface area contributed by atoms with Crippen molar-refractivity contribution in [1.82, 2.24) is 19.9 Å². The van der Waals surface area contributed by atoms with Crippen LogP contribution in [0.5, 0.6) is 0 Å². The first-order valence-electron chi connectivity index (χ1n) is 11.1. The van der Waals surface area contributed by atoms with Crippen LogP contribution in [-0.2, 0) is 6.42 Å². The Morgan fingerprint density at radius 3 is 2.38 bits per heavy atom. The van der Waals surface area contributed by atoms with Gasteiger partial charge in [-0.3, -0.25) is 9.59 Å². The standard InChI is InChI=1S/C25H28N4O2S/c1-16(2)15-18-5-7-19(8-6-18)21(30)20-9-13-29(14-10-20)25(31)22-17(3)28-24(32-22)23-26-11-4-12-27-23/h4-8,11-12,16,20H,9-10,13-15H2,1-3H3. The smallest absolute Gasteiger partial charge is 0.265 e. The number of Topliss-reactive ketones (excluding diaryl/α,β-unsaturated/α-hetero) is 1. The Labute approximate surface area is 192 Å². The van der Waals surface area contributed by atoms with E-state index in [1.807, 2.05) is 24.0 Å². The summed E-state index contributed by atoms with van der Waals surface area (Å²) >= 11 is 1.33. The van der Waals surface area contributed by atoms with Crippen molar-refractivity contribution < 1.29 is 9.59 Å². The van der Waals surface area contributed by atoms with Gasteiger partial charge >= 0.3 is 0 Å². The highest BCUT2D eigenvalue weighted by Gasteiger charge is 2.30. The number of amides is 1. The zero-order valence-electron chi connectivity index (χ0n) is 18.7. The van der Waals surface area contributed by atoms with Gasteiger partial charge in [0.1, 0.15) is 4.88 Å². The Kier molecular flexibility index (Phi) is 6.74. The van der Waals surface area contributed by atoms with Gasteiger partial charge in [0.2, 0.25) is 0 Å². The van der Waals surface area contributed by atoms with Crippen LogP contribution < -0.4 is 0 Å². The molecule has 166 valence electrons. The van der Waals surface area contributed by atoms with Crippen molar-refractivity contribution in [2.24, 2.45) is 11.8 Å². The second kappa shape index (κ2) is 9.69. The van der Waals surface area contributed by atoms with Crippen LogP contribution in [-0.4, -0.2) is 44.6 Å². The first-order valence-corrected chi connectivity index (χ1v) is 11.9. The Hall–Kier alpha value is -2.93. The molecule has 0 bridgehead atoms. The van der Waals surface area contributed by atoms with Gasteiger partial charge in [-0.05, 0) is 43.7 Å². The van der Waals surface area contributed by atoms with E-state index in [9.17, 15) is 9.59 Å². The van der Waals surface area contributed by atoms with Crippen LogP contribution in [0.3, 0.4) is 0 Å². The zero-order valence-corrected chi connectivity index (χ0v) is 19.6. The van der Waals surface area contributed by atoms with Crippen molar-refractivity contribution in [3.05, 3.63) is 64.4 Å². The molecule has 3 aromatic rings. The molecule has 0 N–H and O–H groups in total. The van der Waals surface area contributed by atoms with Crippen LogP contribution in [0, 0.1) is 18.8 Å². The Balaban J connectivity index is 1.38. The molecule has 0 aliphatic carbocycles. The van der Waals surface area contributed by atoms with Crippen molar-refractivity contribution in [3.63, 3.8) is 0 Å². The second-order valence-corrected chi connectivity index (χ2v) is 9.73. The third kappa shape index (κ3) is 4.93. The number of likely N-dealkylation sites (tertiary alicyclic amines) is 1. The third-order valence-electron chi connectivity index (χ3n) is 5.78. The van der Waals surface area contributed by atoms with E-state index in [0.29, 0.717) is 53.3 Å². The summed E-state index contributed by atoms with van der Waals surface area (Å²) in [5.74, 6) is 1.25. The highest BCUT2D eigenvalue weighted by molar-refractivity contribution is 7.17. The summed E-state index contributed by atoms with van der Waals surface area (Å²) in [6.45, 7) is 7.38. The molecular formula is C25H28N4O2S. The number of rotatable bonds is 6. The molecule has 1 fully saturated rings. The number of carbonyl (C=O) groups is 2. The van der Waals surface area contributed by atoms with E-state index in [2.05, 4.69) is 40.9 Å². The Bertz CT molecular complexity index is 1080. The second-order valence-electron chi connectivity index (χ2n) is 8.73. The predicted molar refractivity (Wildman–Crippen MR) is 126 cm³/mol. The van der Waals surface area contributed by atoms with E-state index in [1.54, 1.807) is 18.5 Å². The maximum absolute atomic E-state index is 13.1.